The molecule has 1 aliphatic rings. The number of amides is 1. The van der Waals surface area contributed by atoms with Gasteiger partial charge in [-0.3, -0.25) is 9.48 Å². The lowest BCUT2D eigenvalue weighted by Gasteiger charge is -2.33. The Kier molecular flexibility index (Phi) is 2.78. The number of nitrogen functional groups attached to an aromatic ring is 1. The maximum Gasteiger partial charge on any atom is 0.263 e. The van der Waals surface area contributed by atoms with E-state index < -0.39 is 0 Å². The second-order valence-corrected chi connectivity index (χ2v) is 6.48. The first-order chi connectivity index (χ1) is 8.97. The van der Waals surface area contributed by atoms with Crippen molar-refractivity contribution in [2.24, 2.45) is 13.0 Å². The molecule has 2 heterocycles. The van der Waals surface area contributed by atoms with E-state index in [0.29, 0.717) is 16.6 Å². The number of hydrogen-bond acceptors (Lipinski definition) is 4. The first kappa shape index (κ1) is 12.5. The number of rotatable bonds is 2. The van der Waals surface area contributed by atoms with Crippen molar-refractivity contribution < 1.29 is 4.79 Å². The van der Waals surface area contributed by atoms with Crippen LogP contribution in [-0.2, 0) is 7.05 Å². The molecule has 2 aromatic rings. The molecule has 2 aromatic heterocycles. The highest BCUT2D eigenvalue weighted by molar-refractivity contribution is 7.21. The number of aryl methyl sites for hydroxylation is 2. The summed E-state index contributed by atoms with van der Waals surface area (Å²) in [6.45, 7) is 4.12. The largest absolute Gasteiger partial charge is 0.397 e. The zero-order chi connectivity index (χ0) is 13.7. The predicted molar refractivity (Wildman–Crippen MR) is 77.4 cm³/mol. The summed E-state index contributed by atoms with van der Waals surface area (Å²) in [7, 11) is 1.88. The zero-order valence-corrected chi connectivity index (χ0v) is 12.2. The molecule has 1 amide bonds. The van der Waals surface area contributed by atoms with Crippen molar-refractivity contribution in [3.05, 3.63) is 10.6 Å². The molecule has 3 N–H and O–H groups in total. The fourth-order valence-corrected chi connectivity index (χ4v) is 3.86. The normalized spacial score (nSPS) is 22.5. The third kappa shape index (κ3) is 1.90. The van der Waals surface area contributed by atoms with Crippen LogP contribution >= 0.6 is 11.3 Å². The fourth-order valence-electron chi connectivity index (χ4n) is 2.77. The van der Waals surface area contributed by atoms with Crippen LogP contribution in [0.15, 0.2) is 0 Å². The van der Waals surface area contributed by atoms with Crippen LogP contribution in [0.3, 0.4) is 0 Å². The lowest BCUT2D eigenvalue weighted by Crippen LogP contribution is -2.43. The molecule has 0 aromatic carbocycles. The quantitative estimate of drug-likeness (QED) is 0.883. The van der Waals surface area contributed by atoms with Gasteiger partial charge in [-0.25, -0.2) is 0 Å². The minimum atomic E-state index is -0.0463. The molecule has 6 heteroatoms. The van der Waals surface area contributed by atoms with E-state index in [9.17, 15) is 4.79 Å². The Bertz CT molecular complexity index is 651. The molecular weight excluding hydrogens is 260 g/mol. The average molecular weight is 278 g/mol. The molecule has 3 rings (SSSR count). The molecule has 5 nitrogen and oxygen atoms in total. The van der Waals surface area contributed by atoms with Crippen LogP contribution in [-0.4, -0.2) is 21.7 Å². The van der Waals surface area contributed by atoms with Crippen LogP contribution in [0.5, 0.6) is 0 Å². The number of carbonyl (C=O) groups excluding carboxylic acids is 1. The summed E-state index contributed by atoms with van der Waals surface area (Å²) in [6.07, 6.45) is 2.13. The molecule has 0 radical (unpaired) electrons. The first-order valence-corrected chi connectivity index (χ1v) is 7.31. The summed E-state index contributed by atoms with van der Waals surface area (Å²) in [5, 5.41) is 8.30. The topological polar surface area (TPSA) is 72.9 Å². The molecule has 102 valence electrons. The van der Waals surface area contributed by atoms with E-state index in [2.05, 4.69) is 17.3 Å². The SMILES string of the molecule is Cc1nn(C)c2sc(C(=O)NC3CC(C)C3)c(N)c12. The monoisotopic (exact) mass is 278 g/mol. The van der Waals surface area contributed by atoms with E-state index in [-0.39, 0.29) is 5.91 Å². The maximum atomic E-state index is 12.3. The van der Waals surface area contributed by atoms with Gasteiger partial charge in [0.05, 0.1) is 16.8 Å². The number of aromatic nitrogens is 2. The summed E-state index contributed by atoms with van der Waals surface area (Å²) in [5.41, 5.74) is 7.56. The van der Waals surface area contributed by atoms with E-state index in [1.54, 1.807) is 4.68 Å². The number of nitrogens with two attached hydrogens (primary N) is 1. The smallest absolute Gasteiger partial charge is 0.263 e. The Morgan fingerprint density at radius 3 is 2.79 bits per heavy atom. The molecule has 1 fully saturated rings. The Hall–Kier alpha value is -1.56. The number of fused-ring (bicyclic) bond motifs is 1. The van der Waals surface area contributed by atoms with Gasteiger partial charge in [0.15, 0.2) is 0 Å². The van der Waals surface area contributed by atoms with Crippen LogP contribution < -0.4 is 11.1 Å². The molecule has 0 unspecified atom stereocenters. The molecule has 19 heavy (non-hydrogen) atoms. The molecule has 0 aliphatic heterocycles. The van der Waals surface area contributed by atoms with Crippen LogP contribution in [0.25, 0.3) is 10.2 Å². The number of nitrogens with zero attached hydrogens (tertiary/aromatic N) is 2. The van der Waals surface area contributed by atoms with Gasteiger partial charge in [-0.1, -0.05) is 6.92 Å². The molecule has 0 saturated heterocycles. The van der Waals surface area contributed by atoms with Gasteiger partial charge in [-0.15, -0.1) is 11.3 Å². The third-order valence-corrected chi connectivity index (χ3v) is 5.07. The second-order valence-electron chi connectivity index (χ2n) is 5.48. The van der Waals surface area contributed by atoms with Crippen molar-refractivity contribution in [1.82, 2.24) is 15.1 Å². The van der Waals surface area contributed by atoms with Gasteiger partial charge in [0.2, 0.25) is 0 Å². The zero-order valence-electron chi connectivity index (χ0n) is 11.4. The van der Waals surface area contributed by atoms with Gasteiger partial charge in [0, 0.05) is 13.1 Å². The summed E-state index contributed by atoms with van der Waals surface area (Å²) < 4.78 is 1.79. The fraction of sp³-hybridized carbons (Fsp3) is 0.538. The van der Waals surface area contributed by atoms with Crippen molar-refractivity contribution in [3.8, 4) is 0 Å². The van der Waals surface area contributed by atoms with Gasteiger partial charge in [-0.05, 0) is 25.7 Å². The van der Waals surface area contributed by atoms with Crippen molar-refractivity contribution in [2.75, 3.05) is 5.73 Å². The Balaban J connectivity index is 1.90. The number of hydrogen-bond donors (Lipinski definition) is 2. The Morgan fingerprint density at radius 2 is 2.21 bits per heavy atom. The average Bonchev–Trinajstić information content (AvgIpc) is 2.77. The number of anilines is 1. The lowest BCUT2D eigenvalue weighted by molar-refractivity contribution is 0.0901. The van der Waals surface area contributed by atoms with Crippen molar-refractivity contribution in [2.45, 2.75) is 32.7 Å². The summed E-state index contributed by atoms with van der Waals surface area (Å²) >= 11 is 1.42. The second kappa shape index (κ2) is 4.23. The molecule has 1 aliphatic carbocycles. The third-order valence-electron chi connectivity index (χ3n) is 3.80. The van der Waals surface area contributed by atoms with Crippen LogP contribution in [0.1, 0.15) is 35.1 Å². The van der Waals surface area contributed by atoms with E-state index in [4.69, 9.17) is 5.73 Å². The van der Waals surface area contributed by atoms with Crippen molar-refractivity contribution in [3.63, 3.8) is 0 Å². The van der Waals surface area contributed by atoms with Gasteiger partial charge in [-0.2, -0.15) is 5.10 Å². The highest BCUT2D eigenvalue weighted by Gasteiger charge is 2.29. The molecule has 0 spiro atoms. The number of nitrogens with one attached hydrogen (secondary N) is 1. The standard InChI is InChI=1S/C13H18N4OS/c1-6-4-8(5-6)15-12(18)11-10(14)9-7(2)16-17(3)13(9)19-11/h6,8H,4-5,14H2,1-3H3,(H,15,18). The Morgan fingerprint density at radius 1 is 1.53 bits per heavy atom. The van der Waals surface area contributed by atoms with Crippen LogP contribution in [0.4, 0.5) is 5.69 Å². The minimum absolute atomic E-state index is 0.0463. The van der Waals surface area contributed by atoms with Gasteiger partial charge >= 0.3 is 0 Å². The van der Waals surface area contributed by atoms with Gasteiger partial charge in [0.1, 0.15) is 9.71 Å². The van der Waals surface area contributed by atoms with E-state index >= 15 is 0 Å². The summed E-state index contributed by atoms with van der Waals surface area (Å²) in [4.78, 5) is 13.8. The van der Waals surface area contributed by atoms with Gasteiger partial charge < -0.3 is 11.1 Å². The number of thiophene rings is 1. The van der Waals surface area contributed by atoms with E-state index in [1.807, 2.05) is 14.0 Å². The van der Waals surface area contributed by atoms with E-state index in [0.717, 1.165) is 34.7 Å². The number of carbonyl (C=O) groups is 1. The van der Waals surface area contributed by atoms with Crippen molar-refractivity contribution >= 4 is 33.1 Å². The molecule has 0 bridgehead atoms. The summed E-state index contributed by atoms with van der Waals surface area (Å²) in [5.74, 6) is 0.673. The Labute approximate surface area is 115 Å². The minimum Gasteiger partial charge on any atom is -0.397 e. The first-order valence-electron chi connectivity index (χ1n) is 6.49. The van der Waals surface area contributed by atoms with E-state index in [1.165, 1.54) is 11.3 Å². The van der Waals surface area contributed by atoms with Crippen LogP contribution in [0, 0.1) is 12.8 Å². The highest BCUT2D eigenvalue weighted by Crippen LogP contribution is 2.36. The molecular formula is C13H18N4OS. The maximum absolute atomic E-state index is 12.3. The molecule has 1 saturated carbocycles. The summed E-state index contributed by atoms with van der Waals surface area (Å²) in [6, 6.07) is 0.311. The van der Waals surface area contributed by atoms with Crippen LogP contribution in [0.2, 0.25) is 0 Å². The van der Waals surface area contributed by atoms with Gasteiger partial charge in [0.25, 0.3) is 5.91 Å². The predicted octanol–water partition coefficient (Wildman–Crippen LogP) is 2.05. The highest BCUT2D eigenvalue weighted by atomic mass is 32.1. The molecule has 0 atom stereocenters. The van der Waals surface area contributed by atoms with Crippen molar-refractivity contribution in [1.29, 1.82) is 0 Å². The lowest BCUT2D eigenvalue weighted by atomic mass is 9.82.